The number of nitrogens with one attached hydrogen (secondary N) is 1. The Morgan fingerprint density at radius 3 is 2.68 bits per heavy atom. The van der Waals surface area contributed by atoms with Crippen molar-refractivity contribution in [1.82, 2.24) is 29.9 Å². The molecule has 0 spiro atoms. The van der Waals surface area contributed by atoms with E-state index < -0.39 is 0 Å². The van der Waals surface area contributed by atoms with Crippen LogP contribution in [0.3, 0.4) is 0 Å². The molecule has 0 aromatic carbocycles. The van der Waals surface area contributed by atoms with Crippen LogP contribution in [0.15, 0.2) is 18.7 Å². The normalized spacial score (nSPS) is 13.1. The molecule has 1 N–H and O–H groups in total. The molecule has 1 unspecified atom stereocenters. The molecule has 0 fully saturated rings. The molecular weight excluding hydrogens is 240 g/mol. The summed E-state index contributed by atoms with van der Waals surface area (Å²) < 4.78 is 3.78. The lowest BCUT2D eigenvalue weighted by Crippen LogP contribution is -2.21. The van der Waals surface area contributed by atoms with Crippen LogP contribution in [-0.2, 0) is 20.1 Å². The Morgan fingerprint density at radius 1 is 1.26 bits per heavy atom. The highest BCUT2D eigenvalue weighted by Crippen LogP contribution is 2.11. The smallest absolute Gasteiger partial charge is 0.140 e. The Balaban J connectivity index is 1.93. The number of aryl methyl sites for hydroxylation is 1. The maximum Gasteiger partial charge on any atom is 0.140 e. The molecular formula is C13H22N6. The van der Waals surface area contributed by atoms with Gasteiger partial charge in [0, 0.05) is 31.4 Å². The molecule has 0 saturated carbocycles. The molecule has 104 valence electrons. The van der Waals surface area contributed by atoms with Gasteiger partial charge in [0.15, 0.2) is 0 Å². The lowest BCUT2D eigenvalue weighted by molar-refractivity contribution is 0.449. The van der Waals surface area contributed by atoms with Crippen LogP contribution in [0.4, 0.5) is 0 Å². The Morgan fingerprint density at radius 2 is 2.05 bits per heavy atom. The number of hydrogen-bond acceptors (Lipinski definition) is 4. The van der Waals surface area contributed by atoms with Crippen LogP contribution in [0.1, 0.15) is 38.2 Å². The molecule has 6 heteroatoms. The van der Waals surface area contributed by atoms with Gasteiger partial charge in [-0.2, -0.15) is 10.2 Å². The average Bonchev–Trinajstić information content (AvgIpc) is 2.95. The summed E-state index contributed by atoms with van der Waals surface area (Å²) >= 11 is 0. The minimum Gasteiger partial charge on any atom is -0.303 e. The van der Waals surface area contributed by atoms with Crippen molar-refractivity contribution in [3.63, 3.8) is 0 Å². The second kappa shape index (κ2) is 5.97. The summed E-state index contributed by atoms with van der Waals surface area (Å²) in [6.45, 7) is 8.09. The third kappa shape index (κ3) is 3.64. The van der Waals surface area contributed by atoms with Gasteiger partial charge in [0.05, 0.1) is 12.7 Å². The maximum absolute atomic E-state index is 4.31. The summed E-state index contributed by atoms with van der Waals surface area (Å²) in [6, 6.07) is 0.248. The molecule has 0 aliphatic carbocycles. The second-order valence-corrected chi connectivity index (χ2v) is 5.30. The quantitative estimate of drug-likeness (QED) is 0.857. The fraction of sp³-hybridized carbons (Fsp3) is 0.615. The van der Waals surface area contributed by atoms with Crippen molar-refractivity contribution in [3.8, 4) is 0 Å². The predicted molar refractivity (Wildman–Crippen MR) is 73.3 cm³/mol. The molecule has 2 aromatic heterocycles. The lowest BCUT2D eigenvalue weighted by atomic mass is 10.2. The monoisotopic (exact) mass is 262 g/mol. The minimum atomic E-state index is 0.248. The number of nitrogens with zero attached hydrogens (tertiary/aromatic N) is 5. The molecule has 0 aliphatic heterocycles. The fourth-order valence-corrected chi connectivity index (χ4v) is 1.95. The Bertz CT molecular complexity index is 513. The number of hydrogen-bond donors (Lipinski definition) is 1. The zero-order valence-corrected chi connectivity index (χ0v) is 12.0. The van der Waals surface area contributed by atoms with E-state index in [1.165, 1.54) is 5.56 Å². The number of aromatic nitrogens is 5. The molecule has 2 heterocycles. The van der Waals surface area contributed by atoms with E-state index in [0.29, 0.717) is 12.5 Å². The van der Waals surface area contributed by atoms with Gasteiger partial charge in [-0.25, -0.2) is 9.67 Å². The summed E-state index contributed by atoms with van der Waals surface area (Å²) in [5.74, 6) is 1.54. The van der Waals surface area contributed by atoms with E-state index in [1.54, 1.807) is 6.33 Å². The number of rotatable bonds is 6. The highest BCUT2D eigenvalue weighted by molar-refractivity contribution is 5.09. The van der Waals surface area contributed by atoms with E-state index in [9.17, 15) is 0 Å². The van der Waals surface area contributed by atoms with Crippen LogP contribution >= 0.6 is 0 Å². The molecule has 6 nitrogen and oxygen atoms in total. The summed E-state index contributed by atoms with van der Waals surface area (Å²) in [5, 5.41) is 11.9. The SMILES string of the molecule is CC(C)Cn1ncnc1CNC(C)c1cnn(C)c1. The highest BCUT2D eigenvalue weighted by Gasteiger charge is 2.10. The minimum absolute atomic E-state index is 0.248. The van der Waals surface area contributed by atoms with Crippen molar-refractivity contribution in [2.24, 2.45) is 13.0 Å². The maximum atomic E-state index is 4.31. The van der Waals surface area contributed by atoms with Gasteiger partial charge in [-0.1, -0.05) is 13.8 Å². The third-order valence-electron chi connectivity index (χ3n) is 3.03. The molecule has 1 atom stereocenters. The standard InChI is InChI=1S/C13H22N6/c1-10(2)7-19-13(15-9-17-19)6-14-11(3)12-5-16-18(4)8-12/h5,8-11,14H,6-7H2,1-4H3. The molecule has 2 aromatic rings. The van der Waals surface area contributed by atoms with E-state index in [4.69, 9.17) is 0 Å². The van der Waals surface area contributed by atoms with E-state index in [0.717, 1.165) is 12.4 Å². The van der Waals surface area contributed by atoms with Crippen molar-refractivity contribution in [2.75, 3.05) is 0 Å². The Kier molecular flexibility index (Phi) is 4.31. The van der Waals surface area contributed by atoms with E-state index >= 15 is 0 Å². The van der Waals surface area contributed by atoms with Crippen molar-refractivity contribution >= 4 is 0 Å². The topological polar surface area (TPSA) is 60.6 Å². The zero-order chi connectivity index (χ0) is 13.8. The molecule has 2 rings (SSSR count). The first-order valence-corrected chi connectivity index (χ1v) is 6.65. The van der Waals surface area contributed by atoms with Crippen LogP contribution < -0.4 is 5.32 Å². The Hall–Kier alpha value is -1.69. The zero-order valence-electron chi connectivity index (χ0n) is 12.0. The molecule has 0 radical (unpaired) electrons. The molecule has 19 heavy (non-hydrogen) atoms. The van der Waals surface area contributed by atoms with Gasteiger partial charge >= 0.3 is 0 Å². The first kappa shape index (κ1) is 13.7. The van der Waals surface area contributed by atoms with Crippen LogP contribution in [0.2, 0.25) is 0 Å². The summed E-state index contributed by atoms with van der Waals surface area (Å²) in [4.78, 5) is 4.31. The predicted octanol–water partition coefficient (Wildman–Crippen LogP) is 1.52. The largest absolute Gasteiger partial charge is 0.303 e. The van der Waals surface area contributed by atoms with Crippen molar-refractivity contribution in [1.29, 1.82) is 0 Å². The van der Waals surface area contributed by atoms with Gasteiger partial charge < -0.3 is 5.32 Å². The van der Waals surface area contributed by atoms with Crippen LogP contribution in [0, 0.1) is 5.92 Å². The van der Waals surface area contributed by atoms with Gasteiger partial charge in [-0.15, -0.1) is 0 Å². The van der Waals surface area contributed by atoms with Crippen molar-refractivity contribution in [3.05, 3.63) is 30.1 Å². The lowest BCUT2D eigenvalue weighted by Gasteiger charge is -2.13. The molecule has 0 bridgehead atoms. The van der Waals surface area contributed by atoms with Gasteiger partial charge in [0.2, 0.25) is 0 Å². The van der Waals surface area contributed by atoms with Crippen LogP contribution in [0.5, 0.6) is 0 Å². The molecule has 0 amide bonds. The van der Waals surface area contributed by atoms with Crippen LogP contribution in [0.25, 0.3) is 0 Å². The van der Waals surface area contributed by atoms with E-state index in [2.05, 4.69) is 41.3 Å². The average molecular weight is 262 g/mol. The highest BCUT2D eigenvalue weighted by atomic mass is 15.3. The summed E-state index contributed by atoms with van der Waals surface area (Å²) in [5.41, 5.74) is 1.18. The van der Waals surface area contributed by atoms with Gasteiger partial charge in [0.25, 0.3) is 0 Å². The van der Waals surface area contributed by atoms with Gasteiger partial charge in [-0.05, 0) is 12.8 Å². The van der Waals surface area contributed by atoms with E-state index in [-0.39, 0.29) is 6.04 Å². The summed E-state index contributed by atoms with van der Waals surface area (Å²) in [7, 11) is 1.93. The van der Waals surface area contributed by atoms with Crippen LogP contribution in [-0.4, -0.2) is 24.5 Å². The van der Waals surface area contributed by atoms with Crippen molar-refractivity contribution < 1.29 is 0 Å². The Labute approximate surface area is 113 Å². The van der Waals surface area contributed by atoms with Crippen molar-refractivity contribution in [2.45, 2.75) is 39.9 Å². The third-order valence-corrected chi connectivity index (χ3v) is 3.03. The summed E-state index contributed by atoms with van der Waals surface area (Å²) in [6.07, 6.45) is 5.53. The molecule has 0 aliphatic rings. The first-order valence-electron chi connectivity index (χ1n) is 6.65. The van der Waals surface area contributed by atoms with Gasteiger partial charge in [0.1, 0.15) is 12.2 Å². The fourth-order valence-electron chi connectivity index (χ4n) is 1.95. The van der Waals surface area contributed by atoms with Gasteiger partial charge in [-0.3, -0.25) is 4.68 Å². The first-order chi connectivity index (χ1) is 9.06. The second-order valence-electron chi connectivity index (χ2n) is 5.30. The van der Waals surface area contributed by atoms with E-state index in [1.807, 2.05) is 28.8 Å². The molecule has 0 saturated heterocycles.